The molecule has 2 aromatic carbocycles. The van der Waals surface area contributed by atoms with Crippen LogP contribution < -0.4 is 4.70 Å². The zero-order valence-corrected chi connectivity index (χ0v) is 22.7. The van der Waals surface area contributed by atoms with E-state index in [0.29, 0.717) is 19.8 Å². The van der Waals surface area contributed by atoms with E-state index in [4.69, 9.17) is 9.47 Å². The minimum absolute atomic E-state index is 0. The van der Waals surface area contributed by atoms with Gasteiger partial charge < -0.3 is 14.2 Å². The molecule has 2 rings (SSSR count). The SMILES string of the molecule is CB(F)F.CC.CC.CC.CCC(COCc1ccccc1)OCc1ccccc1.[CH3+].[CH3+].[F-]. The van der Waals surface area contributed by atoms with Gasteiger partial charge in [0.05, 0.1) is 25.9 Å². The number of benzene rings is 2. The average molecular weight is 473 g/mol. The molecule has 0 aliphatic rings. The van der Waals surface area contributed by atoms with Gasteiger partial charge in [0, 0.05) is 14.9 Å². The van der Waals surface area contributed by atoms with Crippen LogP contribution in [0.3, 0.4) is 0 Å². The Morgan fingerprint density at radius 3 is 1.39 bits per heavy atom. The maximum absolute atomic E-state index is 10.3. The van der Waals surface area contributed by atoms with Crippen molar-refractivity contribution < 1.29 is 22.8 Å². The molecule has 0 N–H and O–H groups in total. The van der Waals surface area contributed by atoms with Crippen LogP contribution in [0, 0.1) is 14.9 Å². The molecule has 1 unspecified atom stereocenters. The van der Waals surface area contributed by atoms with E-state index >= 15 is 0 Å². The second-order valence-electron chi connectivity index (χ2n) is 5.35. The van der Waals surface area contributed by atoms with Gasteiger partial charge in [0.1, 0.15) is 0 Å². The van der Waals surface area contributed by atoms with E-state index in [1.165, 1.54) is 11.1 Å². The Bertz CT molecular complexity index is 527. The molecular weight excluding hydrogens is 424 g/mol. The van der Waals surface area contributed by atoms with Crippen LogP contribution in [-0.2, 0) is 22.7 Å². The molecule has 6 heteroatoms. The van der Waals surface area contributed by atoms with Gasteiger partial charge in [-0.15, -0.1) is 0 Å². The molecule has 0 heterocycles. The summed E-state index contributed by atoms with van der Waals surface area (Å²) >= 11 is 0. The maximum atomic E-state index is 10.3. The van der Waals surface area contributed by atoms with E-state index in [-0.39, 0.29) is 25.7 Å². The molecule has 2 aromatic rings. The summed E-state index contributed by atoms with van der Waals surface area (Å²) in [6, 6.07) is 20.5. The summed E-state index contributed by atoms with van der Waals surface area (Å²) in [4.78, 5) is 0. The molecule has 0 aromatic heterocycles. The third-order valence-corrected chi connectivity index (χ3v) is 3.20. The Balaban J connectivity index is -0.000000123. The van der Waals surface area contributed by atoms with Gasteiger partial charge in [-0.05, 0) is 24.4 Å². The van der Waals surface area contributed by atoms with Gasteiger partial charge in [0.25, 0.3) is 0 Å². The van der Waals surface area contributed by atoms with E-state index < -0.39 is 7.27 Å². The van der Waals surface area contributed by atoms with Gasteiger partial charge in [0.2, 0.25) is 0 Å². The normalized spacial score (nSPS) is 8.79. The Morgan fingerprint density at radius 2 is 1.06 bits per heavy atom. The minimum Gasteiger partial charge on any atom is -1.00 e. The van der Waals surface area contributed by atoms with Crippen LogP contribution in [0.4, 0.5) is 8.63 Å². The van der Waals surface area contributed by atoms with Crippen molar-refractivity contribution in [3.05, 3.63) is 86.6 Å². The summed E-state index contributed by atoms with van der Waals surface area (Å²) in [5.41, 5.74) is 2.40. The molecular formula is C27H49BF3O2+. The van der Waals surface area contributed by atoms with E-state index in [1.807, 2.05) is 77.9 Å². The van der Waals surface area contributed by atoms with E-state index in [1.54, 1.807) is 0 Å². The highest BCUT2D eigenvalue weighted by Crippen LogP contribution is 2.08. The first-order valence-corrected chi connectivity index (χ1v) is 11.2. The fraction of sp³-hybridized carbons (Fsp3) is 0.481. The maximum Gasteiger partial charge on any atom is 0.535 e. The Morgan fingerprint density at radius 1 is 0.727 bits per heavy atom. The first-order valence-electron chi connectivity index (χ1n) is 11.2. The number of rotatable bonds is 8. The first kappa shape index (κ1) is 44.6. The first-order chi connectivity index (χ1) is 14.6. The van der Waals surface area contributed by atoms with E-state index in [9.17, 15) is 8.63 Å². The zero-order chi connectivity index (χ0) is 23.6. The van der Waals surface area contributed by atoms with Crippen LogP contribution in [0.1, 0.15) is 66.0 Å². The van der Waals surface area contributed by atoms with Gasteiger partial charge in [-0.2, -0.15) is 0 Å². The third kappa shape index (κ3) is 32.2. The summed E-state index contributed by atoms with van der Waals surface area (Å²) in [6.45, 7) is 16.9. The average Bonchev–Trinajstić information content (AvgIpc) is 2.81. The molecule has 0 saturated heterocycles. The van der Waals surface area contributed by atoms with Crippen LogP contribution in [0.5, 0.6) is 0 Å². The van der Waals surface area contributed by atoms with Crippen LogP contribution in [-0.4, -0.2) is 20.0 Å². The summed E-state index contributed by atoms with van der Waals surface area (Å²) in [5, 5.41) is 0. The predicted octanol–water partition coefficient (Wildman–Crippen LogP) is 6.23. The molecule has 0 bridgehead atoms. The zero-order valence-electron chi connectivity index (χ0n) is 22.7. The monoisotopic (exact) mass is 473 g/mol. The molecule has 0 radical (unpaired) electrons. The minimum atomic E-state index is -2.17. The highest BCUT2D eigenvalue weighted by atomic mass is 19.2. The molecule has 0 aliphatic carbocycles. The lowest BCUT2D eigenvalue weighted by atomic mass is 10.1. The molecule has 0 saturated carbocycles. The fourth-order valence-electron chi connectivity index (χ4n) is 1.95. The standard InChI is InChI=1S/C18H22O2.3C2H6.CH3BF2.2CH3.FH/c1-2-18(20-14-17-11-7-4-8-12-17)15-19-13-16-9-5-3-6-10-16;3*1-2;1-2(3)4;;;/h3-12,18H,2,13-15H2,1H3;3*1-2H3;1H3;2*1H3;1H/q;;;;;2*+1;/p-1. The molecule has 0 fully saturated rings. The quantitative estimate of drug-likeness (QED) is 0.335. The van der Waals surface area contributed by atoms with E-state index in [0.717, 1.165) is 13.2 Å². The van der Waals surface area contributed by atoms with Crippen LogP contribution in [0.15, 0.2) is 60.7 Å². The Hall–Kier alpha value is -2.05. The van der Waals surface area contributed by atoms with Crippen LogP contribution in [0.2, 0.25) is 6.82 Å². The van der Waals surface area contributed by atoms with Gasteiger partial charge in [-0.3, -0.25) is 8.63 Å². The number of hydrogen-bond donors (Lipinski definition) is 0. The molecule has 2 nitrogen and oxygen atoms in total. The summed E-state index contributed by atoms with van der Waals surface area (Å²) < 4.78 is 32.3. The lowest BCUT2D eigenvalue weighted by Gasteiger charge is -2.16. The van der Waals surface area contributed by atoms with Crippen molar-refractivity contribution in [3.8, 4) is 0 Å². The predicted molar refractivity (Wildman–Crippen MR) is 142 cm³/mol. The number of halogens is 3. The van der Waals surface area contributed by atoms with Crippen molar-refractivity contribution in [2.45, 2.75) is 81.0 Å². The summed E-state index contributed by atoms with van der Waals surface area (Å²) in [5.74, 6) is 0. The molecule has 0 amide bonds. The topological polar surface area (TPSA) is 18.5 Å². The second kappa shape index (κ2) is 37.3. The third-order valence-electron chi connectivity index (χ3n) is 3.20. The lowest BCUT2D eigenvalue weighted by molar-refractivity contribution is -0.0309. The molecule has 0 aliphatic heterocycles. The van der Waals surface area contributed by atoms with Gasteiger partial charge in [-0.25, -0.2) is 0 Å². The number of ether oxygens (including phenoxy) is 2. The Kier molecular flexibility index (Phi) is 50.4. The summed E-state index contributed by atoms with van der Waals surface area (Å²) in [6.07, 6.45) is 1.11. The smallest absolute Gasteiger partial charge is 0.535 e. The second-order valence-corrected chi connectivity index (χ2v) is 5.35. The van der Waals surface area contributed by atoms with Gasteiger partial charge >= 0.3 is 7.27 Å². The molecule has 33 heavy (non-hydrogen) atoms. The van der Waals surface area contributed by atoms with Crippen molar-refractivity contribution in [1.29, 1.82) is 0 Å². The fourth-order valence-corrected chi connectivity index (χ4v) is 1.95. The van der Waals surface area contributed by atoms with Crippen LogP contribution >= 0.6 is 0 Å². The Labute approximate surface area is 204 Å². The largest absolute Gasteiger partial charge is 1.00 e. The van der Waals surface area contributed by atoms with Crippen molar-refractivity contribution in [1.82, 2.24) is 0 Å². The van der Waals surface area contributed by atoms with Crippen molar-refractivity contribution in [2.75, 3.05) is 6.61 Å². The molecule has 1 atom stereocenters. The van der Waals surface area contributed by atoms with Gasteiger partial charge in [-0.1, -0.05) is 109 Å². The van der Waals surface area contributed by atoms with E-state index in [2.05, 4.69) is 31.2 Å². The van der Waals surface area contributed by atoms with Crippen LogP contribution in [0.25, 0.3) is 0 Å². The lowest BCUT2D eigenvalue weighted by Crippen LogP contribution is -3.00. The summed E-state index contributed by atoms with van der Waals surface area (Å²) in [7, 11) is -2.17. The number of hydrogen-bond acceptors (Lipinski definition) is 2. The molecule has 0 spiro atoms. The van der Waals surface area contributed by atoms with Gasteiger partial charge in [0.15, 0.2) is 0 Å². The highest BCUT2D eigenvalue weighted by Gasteiger charge is 2.07. The highest BCUT2D eigenvalue weighted by molar-refractivity contribution is 6.40. The van der Waals surface area contributed by atoms with Crippen molar-refractivity contribution in [2.24, 2.45) is 0 Å². The van der Waals surface area contributed by atoms with Crippen molar-refractivity contribution >= 4 is 7.27 Å². The molecule has 192 valence electrons. The van der Waals surface area contributed by atoms with Crippen molar-refractivity contribution in [3.63, 3.8) is 0 Å².